The highest BCUT2D eigenvalue weighted by Gasteiger charge is 2.34. The van der Waals surface area contributed by atoms with Crippen LogP contribution < -0.4 is 0 Å². The van der Waals surface area contributed by atoms with Crippen molar-refractivity contribution in [3.8, 4) is 0 Å². The summed E-state index contributed by atoms with van der Waals surface area (Å²) in [5, 5.41) is 4.29. The van der Waals surface area contributed by atoms with E-state index in [2.05, 4.69) is 5.10 Å². The Kier molecular flexibility index (Phi) is 1.98. The van der Waals surface area contributed by atoms with E-state index in [1.165, 1.54) is 0 Å². The molecule has 1 aromatic rings. The molecule has 1 aliphatic carbocycles. The van der Waals surface area contributed by atoms with E-state index in [0.717, 1.165) is 25.5 Å². The number of carbonyl (C=O) groups is 1. The van der Waals surface area contributed by atoms with Crippen molar-refractivity contribution in [2.45, 2.75) is 36.8 Å². The molecule has 0 aromatic carbocycles. The zero-order valence-electron chi connectivity index (χ0n) is 8.72. The van der Waals surface area contributed by atoms with Gasteiger partial charge < -0.3 is 0 Å². The quantitative estimate of drug-likeness (QED) is 0.719. The van der Waals surface area contributed by atoms with Gasteiger partial charge in [-0.3, -0.25) is 9.48 Å². The largest absolute Gasteiger partial charge is 0.296 e. The zero-order valence-corrected chi connectivity index (χ0v) is 9.53. The van der Waals surface area contributed by atoms with Gasteiger partial charge in [0.2, 0.25) is 0 Å². The number of nitrogens with zero attached hydrogens (tertiary/aromatic N) is 2. The SMILES string of the molecule is O=Cc1c2c(nn1C1CCC1)CS(=O)(=O)C2. The molecule has 2 heterocycles. The van der Waals surface area contributed by atoms with Crippen LogP contribution in [0.15, 0.2) is 0 Å². The Morgan fingerprint density at radius 1 is 1.31 bits per heavy atom. The molecule has 86 valence electrons. The summed E-state index contributed by atoms with van der Waals surface area (Å²) >= 11 is 0. The van der Waals surface area contributed by atoms with Gasteiger partial charge in [-0.15, -0.1) is 0 Å². The van der Waals surface area contributed by atoms with E-state index in [1.54, 1.807) is 4.68 Å². The lowest BCUT2D eigenvalue weighted by Crippen LogP contribution is -2.21. The van der Waals surface area contributed by atoms with E-state index in [4.69, 9.17) is 0 Å². The van der Waals surface area contributed by atoms with E-state index in [0.29, 0.717) is 23.0 Å². The van der Waals surface area contributed by atoms with Crippen LogP contribution in [0, 0.1) is 0 Å². The number of aldehydes is 1. The van der Waals surface area contributed by atoms with Crippen LogP contribution in [0.25, 0.3) is 0 Å². The van der Waals surface area contributed by atoms with Gasteiger partial charge in [0.25, 0.3) is 0 Å². The molecule has 0 unspecified atom stereocenters. The third kappa shape index (κ3) is 1.32. The molecule has 1 fully saturated rings. The maximum atomic E-state index is 11.4. The van der Waals surface area contributed by atoms with Crippen LogP contribution in [0.5, 0.6) is 0 Å². The van der Waals surface area contributed by atoms with Crippen molar-refractivity contribution in [2.75, 3.05) is 0 Å². The second-order valence-corrected chi connectivity index (χ2v) is 6.55. The summed E-state index contributed by atoms with van der Waals surface area (Å²) in [6, 6.07) is 0.300. The number of hydrogen-bond acceptors (Lipinski definition) is 4. The number of hydrogen-bond donors (Lipinski definition) is 0. The van der Waals surface area contributed by atoms with Crippen molar-refractivity contribution in [1.29, 1.82) is 0 Å². The third-order valence-corrected chi connectivity index (χ3v) is 4.83. The Hall–Kier alpha value is -1.17. The monoisotopic (exact) mass is 240 g/mol. The Bertz CT molecular complexity index is 555. The fourth-order valence-electron chi connectivity index (χ4n) is 2.32. The Balaban J connectivity index is 2.08. The molecule has 0 atom stereocenters. The van der Waals surface area contributed by atoms with E-state index in [1.807, 2.05) is 0 Å². The smallest absolute Gasteiger partial charge is 0.168 e. The van der Waals surface area contributed by atoms with Crippen LogP contribution in [-0.4, -0.2) is 24.5 Å². The minimum atomic E-state index is -3.06. The van der Waals surface area contributed by atoms with Gasteiger partial charge in [0.1, 0.15) is 5.69 Å². The average Bonchev–Trinajstić information content (AvgIpc) is 2.53. The lowest BCUT2D eigenvalue weighted by Gasteiger charge is -2.26. The number of carbonyl (C=O) groups excluding carboxylic acids is 1. The second kappa shape index (κ2) is 3.16. The van der Waals surface area contributed by atoms with Gasteiger partial charge in [0.05, 0.1) is 23.2 Å². The lowest BCUT2D eigenvalue weighted by molar-refractivity contribution is 0.110. The second-order valence-electron chi connectivity index (χ2n) is 4.49. The number of sulfone groups is 1. The minimum Gasteiger partial charge on any atom is -0.296 e. The Labute approximate surface area is 93.4 Å². The van der Waals surface area contributed by atoms with Gasteiger partial charge in [-0.25, -0.2) is 8.42 Å². The van der Waals surface area contributed by atoms with Crippen LogP contribution in [0.4, 0.5) is 0 Å². The molecule has 0 N–H and O–H groups in total. The fourth-order valence-corrected chi connectivity index (χ4v) is 3.82. The predicted molar refractivity (Wildman–Crippen MR) is 56.8 cm³/mol. The van der Waals surface area contributed by atoms with Crippen LogP contribution in [0.2, 0.25) is 0 Å². The van der Waals surface area contributed by atoms with Crippen molar-refractivity contribution in [2.24, 2.45) is 0 Å². The molecule has 0 spiro atoms. The molecule has 16 heavy (non-hydrogen) atoms. The van der Waals surface area contributed by atoms with Gasteiger partial charge >= 0.3 is 0 Å². The van der Waals surface area contributed by atoms with E-state index < -0.39 is 9.84 Å². The summed E-state index contributed by atoms with van der Waals surface area (Å²) in [5.74, 6) is -0.0357. The molecule has 6 heteroatoms. The molecular weight excluding hydrogens is 228 g/mol. The van der Waals surface area contributed by atoms with Crippen LogP contribution >= 0.6 is 0 Å². The number of aromatic nitrogens is 2. The predicted octanol–water partition coefficient (Wildman–Crippen LogP) is 0.849. The first-order chi connectivity index (χ1) is 7.61. The maximum Gasteiger partial charge on any atom is 0.168 e. The van der Waals surface area contributed by atoms with E-state index >= 15 is 0 Å². The fraction of sp³-hybridized carbons (Fsp3) is 0.600. The topological polar surface area (TPSA) is 69.0 Å². The summed E-state index contributed by atoms with van der Waals surface area (Å²) in [7, 11) is -3.06. The van der Waals surface area contributed by atoms with Gasteiger partial charge in [0, 0.05) is 5.56 Å². The minimum absolute atomic E-state index is 0.0110. The van der Waals surface area contributed by atoms with Gasteiger partial charge in [-0.1, -0.05) is 0 Å². The normalized spacial score (nSPS) is 22.8. The van der Waals surface area contributed by atoms with Crippen LogP contribution in [-0.2, 0) is 21.3 Å². The van der Waals surface area contributed by atoms with Gasteiger partial charge in [0.15, 0.2) is 16.1 Å². The molecule has 0 saturated heterocycles. The average molecular weight is 240 g/mol. The molecule has 2 aliphatic rings. The summed E-state index contributed by atoms with van der Waals surface area (Å²) in [6.07, 6.45) is 3.97. The van der Waals surface area contributed by atoms with E-state index in [9.17, 15) is 13.2 Å². The Morgan fingerprint density at radius 3 is 2.62 bits per heavy atom. The first-order valence-electron chi connectivity index (χ1n) is 5.36. The molecule has 1 aromatic heterocycles. The summed E-state index contributed by atoms with van der Waals surface area (Å²) in [6.45, 7) is 0. The Morgan fingerprint density at radius 2 is 2.06 bits per heavy atom. The van der Waals surface area contributed by atoms with Crippen molar-refractivity contribution < 1.29 is 13.2 Å². The van der Waals surface area contributed by atoms with Crippen LogP contribution in [0.3, 0.4) is 0 Å². The molecule has 1 aliphatic heterocycles. The molecule has 1 saturated carbocycles. The van der Waals surface area contributed by atoms with Crippen molar-refractivity contribution in [3.05, 3.63) is 17.0 Å². The molecule has 5 nitrogen and oxygen atoms in total. The van der Waals surface area contributed by atoms with Gasteiger partial charge in [-0.05, 0) is 19.3 Å². The first-order valence-corrected chi connectivity index (χ1v) is 7.19. The van der Waals surface area contributed by atoms with Gasteiger partial charge in [-0.2, -0.15) is 5.10 Å². The third-order valence-electron chi connectivity index (χ3n) is 3.39. The van der Waals surface area contributed by atoms with Crippen LogP contribution in [0.1, 0.15) is 47.1 Å². The number of rotatable bonds is 2. The maximum absolute atomic E-state index is 11.4. The highest BCUT2D eigenvalue weighted by Crippen LogP contribution is 2.35. The lowest BCUT2D eigenvalue weighted by atomic mass is 9.93. The van der Waals surface area contributed by atoms with E-state index in [-0.39, 0.29) is 11.5 Å². The molecule has 0 radical (unpaired) electrons. The van der Waals surface area contributed by atoms with Crippen molar-refractivity contribution in [1.82, 2.24) is 9.78 Å². The van der Waals surface area contributed by atoms with Crippen molar-refractivity contribution >= 4 is 16.1 Å². The highest BCUT2D eigenvalue weighted by molar-refractivity contribution is 7.90. The number of fused-ring (bicyclic) bond motifs is 1. The first kappa shape index (κ1) is 10.0. The summed E-state index contributed by atoms with van der Waals surface area (Å²) in [4.78, 5) is 11.0. The highest BCUT2D eigenvalue weighted by atomic mass is 32.2. The molecule has 0 amide bonds. The summed E-state index contributed by atoms with van der Waals surface area (Å²) < 4.78 is 24.6. The van der Waals surface area contributed by atoms with Crippen molar-refractivity contribution in [3.63, 3.8) is 0 Å². The molecule has 3 rings (SSSR count). The standard InChI is InChI=1S/C10H12N2O3S/c13-4-10-8-5-16(14,15)6-9(8)11-12(10)7-2-1-3-7/h4,7H,1-3,5-6H2. The molecule has 0 bridgehead atoms. The zero-order chi connectivity index (χ0) is 11.3. The summed E-state index contributed by atoms with van der Waals surface area (Å²) in [5.41, 5.74) is 1.68. The molecular formula is C10H12N2O3S.